The molecule has 1 saturated carbocycles. The summed E-state index contributed by atoms with van der Waals surface area (Å²) in [5, 5.41) is 12.8. The Kier molecular flexibility index (Phi) is 9.86. The molecule has 2 atom stereocenters. The number of aliphatic hydroxyl groups excluding tert-OH is 1. The Morgan fingerprint density at radius 2 is 2.03 bits per heavy atom. The van der Waals surface area contributed by atoms with Crippen molar-refractivity contribution in [2.45, 2.75) is 55.9 Å². The molecule has 198 valence electrons. The van der Waals surface area contributed by atoms with Crippen LogP contribution in [0, 0.1) is 23.7 Å². The summed E-state index contributed by atoms with van der Waals surface area (Å²) in [6.45, 7) is 0. The van der Waals surface area contributed by atoms with Crippen LogP contribution >= 0.6 is 11.8 Å². The van der Waals surface area contributed by atoms with Crippen LogP contribution in [0.2, 0.25) is 0 Å². The molecule has 38 heavy (non-hydrogen) atoms. The third-order valence-corrected chi connectivity index (χ3v) is 8.20. The minimum Gasteiger partial charge on any atom is -0.497 e. The van der Waals surface area contributed by atoms with Crippen LogP contribution in [-0.2, 0) is 14.3 Å². The van der Waals surface area contributed by atoms with Crippen molar-refractivity contribution in [2.75, 3.05) is 14.2 Å². The van der Waals surface area contributed by atoms with Crippen LogP contribution in [0.15, 0.2) is 76.1 Å². The van der Waals surface area contributed by atoms with Crippen molar-refractivity contribution in [3.8, 4) is 17.6 Å². The van der Waals surface area contributed by atoms with E-state index >= 15 is 0 Å². The maximum atomic E-state index is 13.5. The Hall–Kier alpha value is -3.27. The molecule has 2 unspecified atom stereocenters. The van der Waals surface area contributed by atoms with Gasteiger partial charge in [-0.05, 0) is 66.3 Å². The van der Waals surface area contributed by atoms with Crippen LogP contribution in [0.1, 0.15) is 44.9 Å². The fourth-order valence-corrected chi connectivity index (χ4v) is 6.01. The molecule has 4 rings (SSSR count). The maximum absolute atomic E-state index is 13.5. The van der Waals surface area contributed by atoms with Crippen LogP contribution in [0.3, 0.4) is 0 Å². The summed E-state index contributed by atoms with van der Waals surface area (Å²) in [5.74, 6) is 6.58. The topological polar surface area (TPSA) is 72.8 Å². The zero-order chi connectivity index (χ0) is 26.9. The average Bonchev–Trinajstić information content (AvgIpc) is 3.58. The van der Waals surface area contributed by atoms with Crippen molar-refractivity contribution in [2.24, 2.45) is 11.8 Å². The normalized spacial score (nSPS) is 19.6. The van der Waals surface area contributed by atoms with E-state index in [1.54, 1.807) is 13.2 Å². The van der Waals surface area contributed by atoms with Gasteiger partial charge in [-0.2, -0.15) is 0 Å². The Morgan fingerprint density at radius 1 is 1.21 bits per heavy atom. The Morgan fingerprint density at radius 3 is 2.79 bits per heavy atom. The summed E-state index contributed by atoms with van der Waals surface area (Å²) in [4.78, 5) is 26.4. The predicted octanol–water partition coefficient (Wildman–Crippen LogP) is 6.40. The van der Waals surface area contributed by atoms with Gasteiger partial charge in [0.25, 0.3) is 0 Å². The number of aliphatic hydroxyl groups is 1. The number of hydrogen-bond acceptors (Lipinski definition) is 6. The number of benzene rings is 2. The van der Waals surface area contributed by atoms with E-state index in [2.05, 4.69) is 16.6 Å². The number of thioether (sulfide) groups is 1. The van der Waals surface area contributed by atoms with Crippen molar-refractivity contribution in [1.82, 2.24) is 0 Å². The predicted molar refractivity (Wildman–Crippen MR) is 152 cm³/mol. The Bertz CT molecular complexity index is 1320. The number of esters is 1. The molecule has 2 aliphatic rings. The van der Waals surface area contributed by atoms with Gasteiger partial charge in [-0.15, -0.1) is 0 Å². The smallest absolute Gasteiger partial charge is 0.305 e. The monoisotopic (exact) mass is 530 g/mol. The molecular weight excluding hydrogens is 496 g/mol. The van der Waals surface area contributed by atoms with Gasteiger partial charge in [0.2, 0.25) is 0 Å². The van der Waals surface area contributed by atoms with E-state index < -0.39 is 6.10 Å². The summed E-state index contributed by atoms with van der Waals surface area (Å²) in [5.41, 5.74) is 0.602. The van der Waals surface area contributed by atoms with Crippen LogP contribution in [0.5, 0.6) is 5.75 Å². The fourth-order valence-electron chi connectivity index (χ4n) is 4.90. The van der Waals surface area contributed by atoms with Crippen LogP contribution < -0.4 is 4.74 Å². The second-order valence-corrected chi connectivity index (χ2v) is 10.7. The van der Waals surface area contributed by atoms with Crippen LogP contribution in [0.25, 0.3) is 10.8 Å². The molecule has 1 fully saturated rings. The Balaban J connectivity index is 1.55. The van der Waals surface area contributed by atoms with Crippen molar-refractivity contribution >= 4 is 34.3 Å². The zero-order valence-electron chi connectivity index (χ0n) is 21.9. The van der Waals surface area contributed by atoms with Gasteiger partial charge in [0.05, 0.1) is 25.2 Å². The van der Waals surface area contributed by atoms with Gasteiger partial charge in [0.1, 0.15) is 5.75 Å². The van der Waals surface area contributed by atoms with Gasteiger partial charge < -0.3 is 14.6 Å². The maximum Gasteiger partial charge on any atom is 0.305 e. The first-order valence-electron chi connectivity index (χ1n) is 13.1. The average molecular weight is 531 g/mol. The molecule has 0 bridgehead atoms. The number of Topliss-reactive ketones (excluding diaryl/α,β-unsaturated/α-hetero) is 1. The summed E-state index contributed by atoms with van der Waals surface area (Å²) in [6.07, 6.45) is 12.8. The van der Waals surface area contributed by atoms with Gasteiger partial charge in [0.15, 0.2) is 5.78 Å². The van der Waals surface area contributed by atoms with E-state index in [1.165, 1.54) is 18.9 Å². The zero-order valence-corrected chi connectivity index (χ0v) is 22.8. The van der Waals surface area contributed by atoms with E-state index in [1.807, 2.05) is 54.6 Å². The Labute approximate surface area is 229 Å². The second kappa shape index (κ2) is 13.5. The van der Waals surface area contributed by atoms with Gasteiger partial charge in [-0.25, -0.2) is 0 Å². The van der Waals surface area contributed by atoms with Crippen molar-refractivity contribution in [3.63, 3.8) is 0 Å². The molecular formula is C32H34O5S. The lowest BCUT2D eigenvalue weighted by Gasteiger charge is -2.14. The molecule has 2 aliphatic carbocycles. The van der Waals surface area contributed by atoms with Gasteiger partial charge >= 0.3 is 5.97 Å². The van der Waals surface area contributed by atoms with Crippen molar-refractivity contribution in [1.29, 1.82) is 0 Å². The number of carbonyl (C=O) groups excluding carboxylic acids is 2. The molecule has 1 N–H and O–H groups in total. The van der Waals surface area contributed by atoms with Gasteiger partial charge in [-0.1, -0.05) is 66.8 Å². The summed E-state index contributed by atoms with van der Waals surface area (Å²) in [6, 6.07) is 12.0. The minimum atomic E-state index is -0.503. The number of carbonyl (C=O) groups is 2. The SMILES string of the molecule is COC(=O)CCCC#CC=C1C(=O)C(Sc2cccc3cc(OC)ccc23)=CC1C=CC(O)C1CCCC1. The van der Waals surface area contributed by atoms with Crippen molar-refractivity contribution in [3.05, 3.63) is 71.2 Å². The lowest BCUT2D eigenvalue weighted by molar-refractivity contribution is -0.140. The largest absolute Gasteiger partial charge is 0.497 e. The molecule has 0 aromatic heterocycles. The van der Waals surface area contributed by atoms with Crippen LogP contribution in [0.4, 0.5) is 0 Å². The first-order chi connectivity index (χ1) is 18.5. The molecule has 0 radical (unpaired) electrons. The first-order valence-corrected chi connectivity index (χ1v) is 13.9. The molecule has 0 spiro atoms. The highest BCUT2D eigenvalue weighted by Crippen LogP contribution is 2.41. The molecule has 0 aliphatic heterocycles. The van der Waals surface area contributed by atoms with Gasteiger partial charge in [0, 0.05) is 29.2 Å². The molecule has 5 nitrogen and oxygen atoms in total. The van der Waals surface area contributed by atoms with E-state index in [4.69, 9.17) is 4.74 Å². The number of allylic oxidation sites excluding steroid dienone is 5. The number of ketones is 1. The number of hydrogen-bond donors (Lipinski definition) is 1. The first kappa shape index (κ1) is 27.8. The van der Waals surface area contributed by atoms with Crippen molar-refractivity contribution < 1.29 is 24.2 Å². The number of unbranched alkanes of at least 4 members (excludes halogenated alkanes) is 1. The number of rotatable bonds is 9. The molecule has 2 aromatic rings. The quantitative estimate of drug-likeness (QED) is 0.133. The fraction of sp³-hybridized carbons (Fsp3) is 0.375. The second-order valence-electron chi connectivity index (χ2n) is 9.60. The van der Waals surface area contributed by atoms with E-state index in [0.717, 1.165) is 47.1 Å². The molecule has 0 saturated heterocycles. The minimum absolute atomic E-state index is 0.0469. The number of fused-ring (bicyclic) bond motifs is 1. The van der Waals surface area contributed by atoms with Crippen LogP contribution in [-0.4, -0.2) is 37.2 Å². The van der Waals surface area contributed by atoms with E-state index in [0.29, 0.717) is 29.7 Å². The number of ether oxygens (including phenoxy) is 2. The summed E-state index contributed by atoms with van der Waals surface area (Å²) < 4.78 is 10.0. The highest BCUT2D eigenvalue weighted by Gasteiger charge is 2.30. The van der Waals surface area contributed by atoms with Gasteiger partial charge in [-0.3, -0.25) is 9.59 Å². The highest BCUT2D eigenvalue weighted by molar-refractivity contribution is 8.04. The highest BCUT2D eigenvalue weighted by atomic mass is 32.2. The number of methoxy groups -OCH3 is 2. The lowest BCUT2D eigenvalue weighted by atomic mass is 9.96. The molecule has 0 heterocycles. The standard InChI is InChI=1S/C32H34O5S/c1-36-25-17-18-26-23(20-25)12-9-14-29(26)38-30-21-24(16-19-28(33)22-10-7-8-11-22)27(32(30)35)13-5-3-4-6-15-31(34)37-2/h9,12-14,16-22,24,28,33H,4,6-8,10-11,15H2,1-2H3. The lowest BCUT2D eigenvalue weighted by Crippen LogP contribution is -2.14. The molecule has 2 aromatic carbocycles. The summed E-state index contributed by atoms with van der Waals surface area (Å²) >= 11 is 1.46. The summed E-state index contributed by atoms with van der Waals surface area (Å²) in [7, 11) is 3.02. The van der Waals surface area contributed by atoms with E-state index in [-0.39, 0.29) is 23.6 Å². The third kappa shape index (κ3) is 6.98. The third-order valence-electron chi connectivity index (χ3n) is 7.08. The molecule has 0 amide bonds. The van der Waals surface area contributed by atoms with E-state index in [9.17, 15) is 14.7 Å². The molecule has 6 heteroatoms.